The first-order valence-corrected chi connectivity index (χ1v) is 7.16. The molecule has 0 aliphatic heterocycles. The average Bonchev–Trinajstić information content (AvgIpc) is 2.33. The van der Waals surface area contributed by atoms with E-state index in [1.54, 1.807) is 0 Å². The Kier molecular flexibility index (Phi) is 5.59. The van der Waals surface area contributed by atoms with E-state index in [0.717, 1.165) is 23.4 Å². The molecule has 0 spiro atoms. The highest BCUT2D eigenvalue weighted by Gasteiger charge is 2.09. The van der Waals surface area contributed by atoms with Gasteiger partial charge < -0.3 is 5.32 Å². The van der Waals surface area contributed by atoms with E-state index in [0.29, 0.717) is 10.9 Å². The number of aryl methyl sites for hydroxylation is 2. The predicted molar refractivity (Wildman–Crippen MR) is 74.9 cm³/mol. The Hall–Kier alpha value is -1.10. The summed E-state index contributed by atoms with van der Waals surface area (Å²) in [6.45, 7) is 9.99. The van der Waals surface area contributed by atoms with Crippen molar-refractivity contribution in [3.63, 3.8) is 0 Å². The van der Waals surface area contributed by atoms with Crippen LogP contribution in [0.4, 0.5) is 0 Å². The van der Waals surface area contributed by atoms with E-state index in [1.165, 1.54) is 11.8 Å². The second-order valence-corrected chi connectivity index (χ2v) is 5.41. The molecule has 4 nitrogen and oxygen atoms in total. The summed E-state index contributed by atoms with van der Waals surface area (Å²) in [5, 5.41) is 3.60. The van der Waals surface area contributed by atoms with E-state index in [9.17, 15) is 4.79 Å². The van der Waals surface area contributed by atoms with Crippen LogP contribution in [-0.2, 0) is 4.79 Å². The van der Waals surface area contributed by atoms with Gasteiger partial charge in [-0.2, -0.15) is 0 Å². The molecule has 0 aliphatic rings. The Balaban J connectivity index is 2.56. The van der Waals surface area contributed by atoms with E-state index in [-0.39, 0.29) is 11.9 Å². The van der Waals surface area contributed by atoms with Gasteiger partial charge in [-0.1, -0.05) is 18.7 Å². The van der Waals surface area contributed by atoms with E-state index in [1.807, 2.05) is 34.6 Å². The van der Waals surface area contributed by atoms with Crippen molar-refractivity contribution in [2.45, 2.75) is 52.2 Å². The molecule has 1 rings (SSSR count). The molecular formula is C13H21N3OS. The highest BCUT2D eigenvalue weighted by molar-refractivity contribution is 7.99. The zero-order chi connectivity index (χ0) is 13.7. The second kappa shape index (κ2) is 6.73. The summed E-state index contributed by atoms with van der Waals surface area (Å²) in [5.74, 6) is 0.403. The summed E-state index contributed by atoms with van der Waals surface area (Å²) in [5.41, 5.74) is 3.07. The Bertz CT molecular complexity index is 411. The van der Waals surface area contributed by atoms with E-state index < -0.39 is 0 Å². The molecule has 0 unspecified atom stereocenters. The van der Waals surface area contributed by atoms with Crippen molar-refractivity contribution in [2.75, 3.05) is 5.75 Å². The molecular weight excluding hydrogens is 246 g/mol. The number of thioether (sulfide) groups is 1. The fourth-order valence-electron chi connectivity index (χ4n) is 1.35. The van der Waals surface area contributed by atoms with Crippen LogP contribution in [0.25, 0.3) is 0 Å². The number of aromatic nitrogens is 2. The van der Waals surface area contributed by atoms with Gasteiger partial charge in [0.2, 0.25) is 5.91 Å². The number of rotatable bonds is 5. The van der Waals surface area contributed by atoms with Gasteiger partial charge in [-0.25, -0.2) is 9.97 Å². The topological polar surface area (TPSA) is 54.9 Å². The maximum atomic E-state index is 11.6. The summed E-state index contributed by atoms with van der Waals surface area (Å²) < 4.78 is 0. The van der Waals surface area contributed by atoms with Crippen molar-refractivity contribution in [3.8, 4) is 0 Å². The third-order valence-electron chi connectivity index (χ3n) is 2.96. The van der Waals surface area contributed by atoms with Crippen LogP contribution >= 0.6 is 11.8 Å². The number of nitrogens with one attached hydrogen (secondary N) is 1. The van der Waals surface area contributed by atoms with Crippen LogP contribution in [0.2, 0.25) is 0 Å². The zero-order valence-electron chi connectivity index (χ0n) is 11.7. The maximum Gasteiger partial charge on any atom is 0.230 e. The molecule has 1 aromatic heterocycles. The van der Waals surface area contributed by atoms with Gasteiger partial charge in [-0.05, 0) is 39.7 Å². The summed E-state index contributed by atoms with van der Waals surface area (Å²) in [6, 6.07) is 0.223. The monoisotopic (exact) mass is 267 g/mol. The third-order valence-corrected chi connectivity index (χ3v) is 3.81. The Morgan fingerprint density at radius 3 is 2.33 bits per heavy atom. The number of amides is 1. The minimum atomic E-state index is 0.0360. The van der Waals surface area contributed by atoms with E-state index >= 15 is 0 Å². The van der Waals surface area contributed by atoms with Crippen LogP contribution in [0, 0.1) is 20.8 Å². The Morgan fingerprint density at radius 1 is 1.28 bits per heavy atom. The second-order valence-electron chi connectivity index (χ2n) is 4.47. The van der Waals surface area contributed by atoms with Gasteiger partial charge in [0.1, 0.15) is 0 Å². The van der Waals surface area contributed by atoms with Crippen LogP contribution in [-0.4, -0.2) is 27.7 Å². The quantitative estimate of drug-likeness (QED) is 0.657. The molecule has 0 aliphatic carbocycles. The number of carbonyl (C=O) groups is 1. The number of carbonyl (C=O) groups excluding carboxylic acids is 1. The Morgan fingerprint density at radius 2 is 1.83 bits per heavy atom. The van der Waals surface area contributed by atoms with Gasteiger partial charge in [0.25, 0.3) is 0 Å². The first kappa shape index (κ1) is 15.0. The minimum absolute atomic E-state index is 0.0360. The molecule has 18 heavy (non-hydrogen) atoms. The molecule has 1 atom stereocenters. The average molecular weight is 267 g/mol. The maximum absolute atomic E-state index is 11.6. The van der Waals surface area contributed by atoms with Crippen LogP contribution in [0.5, 0.6) is 0 Å². The smallest absolute Gasteiger partial charge is 0.230 e. The van der Waals surface area contributed by atoms with Gasteiger partial charge in [-0.3, -0.25) is 4.79 Å². The lowest BCUT2D eigenvalue weighted by atomic mass is 10.2. The highest BCUT2D eigenvalue weighted by Crippen LogP contribution is 2.16. The van der Waals surface area contributed by atoms with Crippen LogP contribution in [0.15, 0.2) is 5.16 Å². The number of hydrogen-bond donors (Lipinski definition) is 1. The third kappa shape index (κ3) is 4.29. The van der Waals surface area contributed by atoms with E-state index in [4.69, 9.17) is 0 Å². The molecule has 1 aromatic rings. The zero-order valence-corrected chi connectivity index (χ0v) is 12.5. The summed E-state index contributed by atoms with van der Waals surface area (Å²) in [6.07, 6.45) is 0.940. The molecule has 1 amide bonds. The molecule has 0 fully saturated rings. The van der Waals surface area contributed by atoms with Crippen molar-refractivity contribution in [3.05, 3.63) is 17.0 Å². The van der Waals surface area contributed by atoms with Crippen molar-refractivity contribution in [2.24, 2.45) is 0 Å². The van der Waals surface area contributed by atoms with Crippen LogP contribution in [0.3, 0.4) is 0 Å². The largest absolute Gasteiger partial charge is 0.353 e. The molecule has 0 bridgehead atoms. The molecule has 100 valence electrons. The standard InChI is InChI=1S/C13H21N3OS/c1-6-8(2)14-12(17)7-18-13-15-10(4)9(3)11(5)16-13/h8H,6-7H2,1-5H3,(H,14,17)/t8-/m1/s1. The minimum Gasteiger partial charge on any atom is -0.353 e. The lowest BCUT2D eigenvalue weighted by Crippen LogP contribution is -2.33. The first-order valence-electron chi connectivity index (χ1n) is 6.18. The van der Waals surface area contributed by atoms with Crippen molar-refractivity contribution < 1.29 is 4.79 Å². The molecule has 5 heteroatoms. The fourth-order valence-corrected chi connectivity index (χ4v) is 2.10. The van der Waals surface area contributed by atoms with Gasteiger partial charge in [0, 0.05) is 17.4 Å². The van der Waals surface area contributed by atoms with Crippen molar-refractivity contribution >= 4 is 17.7 Å². The molecule has 1 heterocycles. The molecule has 0 aromatic carbocycles. The number of hydrogen-bond acceptors (Lipinski definition) is 4. The van der Waals surface area contributed by atoms with Gasteiger partial charge in [-0.15, -0.1) is 0 Å². The molecule has 0 radical (unpaired) electrons. The molecule has 1 N–H and O–H groups in total. The summed E-state index contributed by atoms with van der Waals surface area (Å²) >= 11 is 1.38. The first-order chi connectivity index (χ1) is 8.43. The summed E-state index contributed by atoms with van der Waals surface area (Å²) in [4.78, 5) is 20.4. The normalized spacial score (nSPS) is 12.3. The van der Waals surface area contributed by atoms with Gasteiger partial charge in [0.05, 0.1) is 5.75 Å². The van der Waals surface area contributed by atoms with Gasteiger partial charge >= 0.3 is 0 Å². The SMILES string of the molecule is CC[C@@H](C)NC(=O)CSc1nc(C)c(C)c(C)n1. The predicted octanol–water partition coefficient (Wildman–Crippen LogP) is 2.41. The van der Waals surface area contributed by atoms with Gasteiger partial charge in [0.15, 0.2) is 5.16 Å². The summed E-state index contributed by atoms with van der Waals surface area (Å²) in [7, 11) is 0. The van der Waals surface area contributed by atoms with Crippen LogP contribution < -0.4 is 5.32 Å². The van der Waals surface area contributed by atoms with E-state index in [2.05, 4.69) is 15.3 Å². The molecule has 0 saturated heterocycles. The Labute approximate surface area is 113 Å². The fraction of sp³-hybridized carbons (Fsp3) is 0.615. The van der Waals surface area contributed by atoms with Crippen molar-refractivity contribution in [1.29, 1.82) is 0 Å². The lowest BCUT2D eigenvalue weighted by Gasteiger charge is -2.11. The molecule has 0 saturated carbocycles. The highest BCUT2D eigenvalue weighted by atomic mass is 32.2. The lowest BCUT2D eigenvalue weighted by molar-refractivity contribution is -0.119. The van der Waals surface area contributed by atoms with Crippen LogP contribution in [0.1, 0.15) is 37.2 Å². The van der Waals surface area contributed by atoms with Crippen molar-refractivity contribution in [1.82, 2.24) is 15.3 Å². The number of nitrogens with zero attached hydrogens (tertiary/aromatic N) is 2.